The van der Waals surface area contributed by atoms with Crippen molar-refractivity contribution in [3.63, 3.8) is 0 Å². The molecule has 0 bridgehead atoms. The van der Waals surface area contributed by atoms with Gasteiger partial charge in [0.1, 0.15) is 18.0 Å². The van der Waals surface area contributed by atoms with Crippen molar-refractivity contribution in [2.45, 2.75) is 32.4 Å². The van der Waals surface area contributed by atoms with Crippen molar-refractivity contribution >= 4 is 11.6 Å². The van der Waals surface area contributed by atoms with Crippen LogP contribution in [0, 0.1) is 0 Å². The number of nitrogens with one attached hydrogen (secondary N) is 1. The molecule has 3 N–H and O–H groups in total. The number of rotatable bonds is 3. The van der Waals surface area contributed by atoms with Crippen LogP contribution >= 0.6 is 0 Å². The van der Waals surface area contributed by atoms with Crippen LogP contribution in [0.4, 0.5) is 11.6 Å². The van der Waals surface area contributed by atoms with Gasteiger partial charge in [0, 0.05) is 24.7 Å². The summed E-state index contributed by atoms with van der Waals surface area (Å²) in [5.41, 5.74) is 5.77. The summed E-state index contributed by atoms with van der Waals surface area (Å²) in [5, 5.41) is 3.35. The number of hydrogen-bond donors (Lipinski definition) is 2. The molecule has 0 radical (unpaired) electrons. The average Bonchev–Trinajstić information content (AvgIpc) is 2.37. The van der Waals surface area contributed by atoms with Crippen LogP contribution in [-0.4, -0.2) is 47.9 Å². The first-order chi connectivity index (χ1) is 8.99. The standard InChI is InChI=1S/C13H23N5O/c1-13(2,3)17-11-6-12(16-9-15-11)18-4-5-19-8-10(18)7-14/h6,9-10H,4-5,7-8,14H2,1-3H3,(H,15,16,17). The lowest BCUT2D eigenvalue weighted by Crippen LogP contribution is -2.49. The van der Waals surface area contributed by atoms with Crippen LogP contribution in [-0.2, 0) is 4.74 Å². The predicted molar refractivity (Wildman–Crippen MR) is 76.4 cm³/mol. The molecule has 0 spiro atoms. The molecule has 1 saturated heterocycles. The maximum Gasteiger partial charge on any atom is 0.134 e. The maximum atomic E-state index is 5.79. The van der Waals surface area contributed by atoms with Crippen molar-refractivity contribution in [1.29, 1.82) is 0 Å². The smallest absolute Gasteiger partial charge is 0.134 e. The summed E-state index contributed by atoms with van der Waals surface area (Å²) in [4.78, 5) is 10.8. The minimum atomic E-state index is -0.0239. The van der Waals surface area contributed by atoms with E-state index >= 15 is 0 Å². The number of ether oxygens (including phenoxy) is 1. The molecule has 0 saturated carbocycles. The normalized spacial score (nSPS) is 20.4. The second kappa shape index (κ2) is 5.71. The Balaban J connectivity index is 2.17. The van der Waals surface area contributed by atoms with E-state index < -0.39 is 0 Å². The SMILES string of the molecule is CC(C)(C)Nc1cc(N2CCOCC2CN)ncn1. The Morgan fingerprint density at radius 1 is 1.47 bits per heavy atom. The maximum absolute atomic E-state index is 5.79. The van der Waals surface area contributed by atoms with Crippen molar-refractivity contribution < 1.29 is 4.74 Å². The predicted octanol–water partition coefficient (Wildman–Crippen LogP) is 0.851. The Labute approximate surface area is 114 Å². The molecule has 106 valence electrons. The van der Waals surface area contributed by atoms with Gasteiger partial charge in [0.05, 0.1) is 19.3 Å². The summed E-state index contributed by atoms with van der Waals surface area (Å²) < 4.78 is 5.45. The molecule has 0 aromatic carbocycles. The summed E-state index contributed by atoms with van der Waals surface area (Å²) in [7, 11) is 0. The van der Waals surface area contributed by atoms with Crippen molar-refractivity contribution in [2.24, 2.45) is 5.73 Å². The molecule has 1 unspecified atom stereocenters. The lowest BCUT2D eigenvalue weighted by molar-refractivity contribution is 0.0958. The van der Waals surface area contributed by atoms with E-state index in [-0.39, 0.29) is 11.6 Å². The van der Waals surface area contributed by atoms with Gasteiger partial charge in [-0.25, -0.2) is 9.97 Å². The van der Waals surface area contributed by atoms with Crippen LogP contribution in [0.15, 0.2) is 12.4 Å². The van der Waals surface area contributed by atoms with Crippen LogP contribution in [0.5, 0.6) is 0 Å². The second-order valence-electron chi connectivity index (χ2n) is 5.79. The molecule has 2 rings (SSSR count). The minimum absolute atomic E-state index is 0.0239. The van der Waals surface area contributed by atoms with E-state index in [0.717, 1.165) is 18.2 Å². The number of hydrogen-bond acceptors (Lipinski definition) is 6. The summed E-state index contributed by atoms with van der Waals surface area (Å²) >= 11 is 0. The van der Waals surface area contributed by atoms with Gasteiger partial charge in [0.25, 0.3) is 0 Å². The van der Waals surface area contributed by atoms with Crippen molar-refractivity contribution in [2.75, 3.05) is 36.5 Å². The number of aromatic nitrogens is 2. The van der Waals surface area contributed by atoms with Gasteiger partial charge in [-0.3, -0.25) is 0 Å². The van der Waals surface area contributed by atoms with Crippen LogP contribution in [0.25, 0.3) is 0 Å². The molecule has 1 aliphatic heterocycles. The van der Waals surface area contributed by atoms with E-state index in [0.29, 0.717) is 19.8 Å². The van der Waals surface area contributed by atoms with E-state index in [2.05, 4.69) is 41.0 Å². The Bertz CT molecular complexity index is 418. The second-order valence-corrected chi connectivity index (χ2v) is 5.79. The Morgan fingerprint density at radius 3 is 2.95 bits per heavy atom. The summed E-state index contributed by atoms with van der Waals surface area (Å²) in [6, 6.07) is 2.16. The highest BCUT2D eigenvalue weighted by Gasteiger charge is 2.23. The zero-order valence-electron chi connectivity index (χ0n) is 11.9. The molecule has 19 heavy (non-hydrogen) atoms. The van der Waals surface area contributed by atoms with Gasteiger partial charge in [0.2, 0.25) is 0 Å². The zero-order valence-corrected chi connectivity index (χ0v) is 11.9. The number of nitrogens with two attached hydrogens (primary N) is 1. The van der Waals surface area contributed by atoms with Gasteiger partial charge in [-0.15, -0.1) is 0 Å². The molecule has 6 heteroatoms. The largest absolute Gasteiger partial charge is 0.377 e. The zero-order chi connectivity index (χ0) is 13.9. The number of anilines is 2. The van der Waals surface area contributed by atoms with Gasteiger partial charge in [-0.05, 0) is 20.8 Å². The van der Waals surface area contributed by atoms with Gasteiger partial charge >= 0.3 is 0 Å². The molecule has 6 nitrogen and oxygen atoms in total. The Morgan fingerprint density at radius 2 is 2.26 bits per heavy atom. The van der Waals surface area contributed by atoms with E-state index in [1.54, 1.807) is 6.33 Å². The topological polar surface area (TPSA) is 76.3 Å². The van der Waals surface area contributed by atoms with Gasteiger partial charge < -0.3 is 20.7 Å². The third-order valence-corrected chi connectivity index (χ3v) is 2.95. The Hall–Kier alpha value is -1.40. The van der Waals surface area contributed by atoms with E-state index in [1.807, 2.05) is 6.07 Å². The Kier molecular flexibility index (Phi) is 4.21. The highest BCUT2D eigenvalue weighted by molar-refractivity contribution is 5.50. The van der Waals surface area contributed by atoms with E-state index in [9.17, 15) is 0 Å². The third kappa shape index (κ3) is 3.78. The van der Waals surface area contributed by atoms with E-state index in [1.165, 1.54) is 0 Å². The van der Waals surface area contributed by atoms with Crippen molar-refractivity contribution in [1.82, 2.24) is 9.97 Å². The molecule has 0 amide bonds. The summed E-state index contributed by atoms with van der Waals surface area (Å²) in [6.07, 6.45) is 1.59. The average molecular weight is 265 g/mol. The first-order valence-corrected chi connectivity index (χ1v) is 6.64. The van der Waals surface area contributed by atoms with Crippen LogP contribution in [0.2, 0.25) is 0 Å². The van der Waals surface area contributed by atoms with Gasteiger partial charge in [-0.1, -0.05) is 0 Å². The molecule has 2 heterocycles. The summed E-state index contributed by atoms with van der Waals surface area (Å²) in [5.74, 6) is 1.74. The van der Waals surface area contributed by atoms with Gasteiger partial charge in [-0.2, -0.15) is 0 Å². The molecule has 1 atom stereocenters. The van der Waals surface area contributed by atoms with Crippen LogP contribution in [0.3, 0.4) is 0 Å². The molecule has 1 aromatic rings. The fraction of sp³-hybridized carbons (Fsp3) is 0.692. The molecule has 1 aromatic heterocycles. The quantitative estimate of drug-likeness (QED) is 0.844. The molecule has 0 aliphatic carbocycles. The minimum Gasteiger partial charge on any atom is -0.377 e. The van der Waals surface area contributed by atoms with Crippen LogP contribution < -0.4 is 16.0 Å². The van der Waals surface area contributed by atoms with Crippen molar-refractivity contribution in [3.05, 3.63) is 12.4 Å². The van der Waals surface area contributed by atoms with Crippen molar-refractivity contribution in [3.8, 4) is 0 Å². The highest BCUT2D eigenvalue weighted by Crippen LogP contribution is 2.20. The third-order valence-electron chi connectivity index (χ3n) is 2.95. The fourth-order valence-corrected chi connectivity index (χ4v) is 2.11. The molecule has 1 aliphatic rings. The fourth-order valence-electron chi connectivity index (χ4n) is 2.11. The molecule has 1 fully saturated rings. The number of morpholine rings is 1. The van der Waals surface area contributed by atoms with Gasteiger partial charge in [0.15, 0.2) is 0 Å². The highest BCUT2D eigenvalue weighted by atomic mass is 16.5. The molecular weight excluding hydrogens is 242 g/mol. The number of nitrogens with zero attached hydrogens (tertiary/aromatic N) is 3. The summed E-state index contributed by atoms with van der Waals surface area (Å²) in [6.45, 7) is 9.05. The first-order valence-electron chi connectivity index (χ1n) is 6.64. The first kappa shape index (κ1) is 14.0. The van der Waals surface area contributed by atoms with E-state index in [4.69, 9.17) is 10.5 Å². The lowest BCUT2D eigenvalue weighted by Gasteiger charge is -2.36. The monoisotopic (exact) mass is 265 g/mol. The lowest BCUT2D eigenvalue weighted by atomic mass is 10.1. The van der Waals surface area contributed by atoms with Crippen LogP contribution in [0.1, 0.15) is 20.8 Å². The molecular formula is C13H23N5O.